The lowest BCUT2D eigenvalue weighted by Gasteiger charge is -2.26. The molecular weight excluding hydrogens is 283 g/mol. The van der Waals surface area contributed by atoms with E-state index < -0.39 is 12.7 Å². The molecule has 0 aliphatic carbocycles. The Morgan fingerprint density at radius 2 is 2.05 bits per heavy atom. The largest absolute Gasteiger partial charge is 0.401 e. The maximum atomic E-state index is 12.2. The molecule has 2 aliphatic rings. The molecule has 2 aliphatic heterocycles. The Bertz CT molecular complexity index is 310. The zero-order valence-electron chi connectivity index (χ0n) is 10.5. The molecule has 4 nitrogen and oxygen atoms in total. The number of carbonyl (C=O) groups is 1. The Kier molecular flexibility index (Phi) is 5.88. The summed E-state index contributed by atoms with van der Waals surface area (Å²) in [6, 6.07) is 0. The van der Waals surface area contributed by atoms with E-state index in [-0.39, 0.29) is 30.2 Å². The number of nitrogens with one attached hydrogen (secondary N) is 2. The highest BCUT2D eigenvalue weighted by Crippen LogP contribution is 2.22. The van der Waals surface area contributed by atoms with Crippen molar-refractivity contribution in [1.29, 1.82) is 0 Å². The number of hydrogen-bond donors (Lipinski definition) is 2. The van der Waals surface area contributed by atoms with Gasteiger partial charge in [-0.25, -0.2) is 0 Å². The number of rotatable bonds is 4. The van der Waals surface area contributed by atoms with Crippen LogP contribution in [0.25, 0.3) is 0 Å². The molecule has 2 N–H and O–H groups in total. The summed E-state index contributed by atoms with van der Waals surface area (Å²) in [5.74, 6) is 0.199. The SMILES string of the molecule is Cl.O=C(NCC1CCN(CC(F)(F)F)C1)C1CNC1. The summed E-state index contributed by atoms with van der Waals surface area (Å²) in [6.07, 6.45) is -3.41. The summed E-state index contributed by atoms with van der Waals surface area (Å²) >= 11 is 0. The molecule has 8 heteroatoms. The Hall–Kier alpha value is -0.530. The second-order valence-electron chi connectivity index (χ2n) is 5.11. The lowest BCUT2D eigenvalue weighted by atomic mass is 10.0. The molecule has 2 saturated heterocycles. The topological polar surface area (TPSA) is 44.4 Å². The Morgan fingerprint density at radius 1 is 1.37 bits per heavy atom. The second-order valence-corrected chi connectivity index (χ2v) is 5.11. The molecule has 1 amide bonds. The van der Waals surface area contributed by atoms with Crippen LogP contribution in [0.3, 0.4) is 0 Å². The van der Waals surface area contributed by atoms with Crippen molar-refractivity contribution < 1.29 is 18.0 Å². The van der Waals surface area contributed by atoms with Gasteiger partial charge >= 0.3 is 6.18 Å². The van der Waals surface area contributed by atoms with E-state index in [0.29, 0.717) is 32.7 Å². The highest BCUT2D eigenvalue weighted by molar-refractivity contribution is 5.85. The van der Waals surface area contributed by atoms with Gasteiger partial charge in [-0.2, -0.15) is 13.2 Å². The molecular formula is C11H19ClF3N3O. The highest BCUT2D eigenvalue weighted by Gasteiger charge is 2.34. The van der Waals surface area contributed by atoms with Crippen molar-refractivity contribution in [3.05, 3.63) is 0 Å². The maximum Gasteiger partial charge on any atom is 0.401 e. The van der Waals surface area contributed by atoms with Crippen molar-refractivity contribution in [2.24, 2.45) is 11.8 Å². The lowest BCUT2D eigenvalue weighted by Crippen LogP contribution is -2.51. The van der Waals surface area contributed by atoms with Gasteiger partial charge in [0.15, 0.2) is 0 Å². The van der Waals surface area contributed by atoms with Crippen LogP contribution in [0.5, 0.6) is 0 Å². The van der Waals surface area contributed by atoms with E-state index in [1.807, 2.05) is 0 Å². The van der Waals surface area contributed by atoms with Crippen molar-refractivity contribution in [2.45, 2.75) is 12.6 Å². The Morgan fingerprint density at radius 3 is 2.58 bits per heavy atom. The minimum Gasteiger partial charge on any atom is -0.355 e. The number of hydrogen-bond acceptors (Lipinski definition) is 3. The molecule has 0 aromatic heterocycles. The fraction of sp³-hybridized carbons (Fsp3) is 0.909. The molecule has 2 fully saturated rings. The molecule has 2 heterocycles. The van der Waals surface area contributed by atoms with Gasteiger partial charge in [0.1, 0.15) is 0 Å². The van der Waals surface area contributed by atoms with Crippen LogP contribution < -0.4 is 10.6 Å². The molecule has 2 rings (SSSR count). The maximum absolute atomic E-state index is 12.2. The lowest BCUT2D eigenvalue weighted by molar-refractivity contribution is -0.143. The average molecular weight is 302 g/mol. The molecule has 1 atom stereocenters. The predicted molar refractivity (Wildman–Crippen MR) is 67.2 cm³/mol. The first kappa shape index (κ1) is 16.5. The summed E-state index contributed by atoms with van der Waals surface area (Å²) in [7, 11) is 0. The molecule has 1 unspecified atom stereocenters. The van der Waals surface area contributed by atoms with Gasteiger partial charge in [-0.3, -0.25) is 9.69 Å². The number of halogens is 4. The van der Waals surface area contributed by atoms with Crippen LogP contribution in [-0.2, 0) is 4.79 Å². The van der Waals surface area contributed by atoms with Crippen molar-refractivity contribution in [3.8, 4) is 0 Å². The van der Waals surface area contributed by atoms with E-state index >= 15 is 0 Å². The highest BCUT2D eigenvalue weighted by atomic mass is 35.5. The van der Waals surface area contributed by atoms with Crippen molar-refractivity contribution in [2.75, 3.05) is 39.3 Å². The van der Waals surface area contributed by atoms with Crippen LogP contribution in [0.4, 0.5) is 13.2 Å². The summed E-state index contributed by atoms with van der Waals surface area (Å²) in [4.78, 5) is 13.0. The molecule has 0 spiro atoms. The zero-order valence-corrected chi connectivity index (χ0v) is 11.3. The predicted octanol–water partition coefficient (Wildman–Crippen LogP) is 0.628. The van der Waals surface area contributed by atoms with Gasteiger partial charge in [0.2, 0.25) is 5.91 Å². The van der Waals surface area contributed by atoms with E-state index in [1.54, 1.807) is 0 Å². The first-order valence-corrected chi connectivity index (χ1v) is 6.21. The number of alkyl halides is 3. The van der Waals surface area contributed by atoms with Gasteiger partial charge in [0.25, 0.3) is 0 Å². The number of nitrogens with zero attached hydrogens (tertiary/aromatic N) is 1. The summed E-state index contributed by atoms with van der Waals surface area (Å²) < 4.78 is 36.6. The molecule has 0 saturated carbocycles. The summed E-state index contributed by atoms with van der Waals surface area (Å²) in [6.45, 7) is 1.94. The zero-order chi connectivity index (χ0) is 13.2. The standard InChI is InChI=1S/C11H18F3N3O.ClH/c12-11(13,14)7-17-2-1-8(6-17)3-16-10(18)9-4-15-5-9;/h8-9,15H,1-7H2,(H,16,18);1H. The minimum atomic E-state index is -4.13. The van der Waals surface area contributed by atoms with Gasteiger partial charge < -0.3 is 10.6 Å². The molecule has 0 aromatic carbocycles. The first-order valence-electron chi connectivity index (χ1n) is 6.21. The first-order chi connectivity index (χ1) is 8.44. The normalized spacial score (nSPS) is 24.7. The van der Waals surface area contributed by atoms with Crippen LogP contribution >= 0.6 is 12.4 Å². The van der Waals surface area contributed by atoms with Gasteiger partial charge in [-0.1, -0.05) is 0 Å². The van der Waals surface area contributed by atoms with Crippen LogP contribution in [0.15, 0.2) is 0 Å². The second kappa shape index (κ2) is 6.76. The van der Waals surface area contributed by atoms with Gasteiger partial charge in [-0.15, -0.1) is 12.4 Å². The number of likely N-dealkylation sites (tertiary alicyclic amines) is 1. The number of amides is 1. The third kappa shape index (κ3) is 5.16. The van der Waals surface area contributed by atoms with Crippen molar-refractivity contribution >= 4 is 18.3 Å². The monoisotopic (exact) mass is 301 g/mol. The quantitative estimate of drug-likeness (QED) is 0.800. The minimum absolute atomic E-state index is 0. The van der Waals surface area contributed by atoms with E-state index in [2.05, 4.69) is 10.6 Å². The van der Waals surface area contributed by atoms with E-state index in [9.17, 15) is 18.0 Å². The van der Waals surface area contributed by atoms with Gasteiger partial charge in [0, 0.05) is 26.2 Å². The Labute approximate surface area is 116 Å². The molecule has 19 heavy (non-hydrogen) atoms. The van der Waals surface area contributed by atoms with E-state index in [4.69, 9.17) is 0 Å². The van der Waals surface area contributed by atoms with E-state index in [1.165, 1.54) is 4.90 Å². The molecule has 112 valence electrons. The Balaban J connectivity index is 0.00000180. The molecule has 0 bridgehead atoms. The third-order valence-electron chi connectivity index (χ3n) is 3.49. The smallest absolute Gasteiger partial charge is 0.355 e. The third-order valence-corrected chi connectivity index (χ3v) is 3.49. The van der Waals surface area contributed by atoms with Gasteiger partial charge in [-0.05, 0) is 18.9 Å². The van der Waals surface area contributed by atoms with Crippen molar-refractivity contribution in [3.63, 3.8) is 0 Å². The molecule has 0 radical (unpaired) electrons. The molecule has 0 aromatic rings. The van der Waals surface area contributed by atoms with Crippen molar-refractivity contribution in [1.82, 2.24) is 15.5 Å². The fourth-order valence-electron chi connectivity index (χ4n) is 2.34. The fourth-order valence-corrected chi connectivity index (χ4v) is 2.34. The van der Waals surface area contributed by atoms with Crippen LogP contribution in [-0.4, -0.2) is 56.3 Å². The summed E-state index contributed by atoms with van der Waals surface area (Å²) in [5.41, 5.74) is 0. The van der Waals surface area contributed by atoms with Crippen LogP contribution in [0.1, 0.15) is 6.42 Å². The van der Waals surface area contributed by atoms with Crippen LogP contribution in [0, 0.1) is 11.8 Å². The van der Waals surface area contributed by atoms with Gasteiger partial charge in [0.05, 0.1) is 12.5 Å². The van der Waals surface area contributed by atoms with Crippen LogP contribution in [0.2, 0.25) is 0 Å². The average Bonchev–Trinajstić information content (AvgIpc) is 2.57. The number of carbonyl (C=O) groups excluding carboxylic acids is 1. The summed E-state index contributed by atoms with van der Waals surface area (Å²) in [5, 5.41) is 5.83. The van der Waals surface area contributed by atoms with E-state index in [0.717, 1.165) is 6.42 Å².